The fourth-order valence-corrected chi connectivity index (χ4v) is 4.83. The Balaban J connectivity index is 3.47. The zero-order valence-corrected chi connectivity index (χ0v) is 15.4. The van der Waals surface area contributed by atoms with Gasteiger partial charge < -0.3 is 13.6 Å². The van der Waals surface area contributed by atoms with Crippen LogP contribution in [0.1, 0.15) is 65.7 Å². The average Bonchev–Trinajstić information content (AvgIpc) is 2.45. The van der Waals surface area contributed by atoms with E-state index in [0.717, 1.165) is 32.1 Å². The quantitative estimate of drug-likeness (QED) is 0.270. The molecule has 0 saturated carbocycles. The molecule has 0 aromatic heterocycles. The van der Waals surface area contributed by atoms with Gasteiger partial charge >= 0.3 is 14.5 Å². The lowest BCUT2D eigenvalue weighted by molar-refractivity contribution is -0.143. The number of hydrogen-bond acceptors (Lipinski definition) is 4. The molecule has 0 aromatic rings. The van der Waals surface area contributed by atoms with E-state index in [4.69, 9.17) is 13.6 Å². The summed E-state index contributed by atoms with van der Waals surface area (Å²) in [5.41, 5.74) is 0. The van der Waals surface area contributed by atoms with E-state index >= 15 is 0 Å². The van der Waals surface area contributed by atoms with Gasteiger partial charge in [-0.3, -0.25) is 4.79 Å². The van der Waals surface area contributed by atoms with Crippen molar-refractivity contribution >= 4 is 14.5 Å². The molecule has 0 atom stereocenters. The van der Waals surface area contributed by atoms with Gasteiger partial charge in [0.2, 0.25) is 0 Å². The van der Waals surface area contributed by atoms with Crippen LogP contribution in [0.15, 0.2) is 0 Å². The van der Waals surface area contributed by atoms with Crippen molar-refractivity contribution in [3.05, 3.63) is 0 Å². The van der Waals surface area contributed by atoms with E-state index in [1.54, 1.807) is 0 Å². The summed E-state index contributed by atoms with van der Waals surface area (Å²) in [4.78, 5) is 10.9. The number of hydrogen-bond donors (Lipinski definition) is 0. The Kier molecular flexibility index (Phi) is 13.0. The zero-order chi connectivity index (χ0) is 16.0. The molecule has 0 aliphatic rings. The maximum atomic E-state index is 10.9. The summed E-state index contributed by atoms with van der Waals surface area (Å²) in [5, 5.41) is 0. The normalized spacial score (nSPS) is 11.6. The second-order valence-electron chi connectivity index (χ2n) is 5.45. The first-order chi connectivity index (χ1) is 10.1. The van der Waals surface area contributed by atoms with E-state index in [1.807, 2.05) is 20.8 Å². The van der Waals surface area contributed by atoms with E-state index in [0.29, 0.717) is 13.0 Å². The summed E-state index contributed by atoms with van der Waals surface area (Å²) in [5.74, 6) is -0.0916. The first-order valence-electron chi connectivity index (χ1n) is 8.51. The minimum Gasteiger partial charge on any atom is -0.466 e. The fraction of sp³-hybridized carbons (Fsp3) is 0.938. The highest BCUT2D eigenvalue weighted by Crippen LogP contribution is 2.18. The van der Waals surface area contributed by atoms with Crippen molar-refractivity contribution in [1.29, 1.82) is 0 Å². The summed E-state index contributed by atoms with van der Waals surface area (Å²) >= 11 is 0. The van der Waals surface area contributed by atoms with Gasteiger partial charge in [0.25, 0.3) is 0 Å². The lowest BCUT2D eigenvalue weighted by Crippen LogP contribution is -2.38. The molecule has 0 aromatic carbocycles. The molecule has 0 fully saturated rings. The first-order valence-corrected chi connectivity index (χ1v) is 11.0. The van der Waals surface area contributed by atoms with Crippen LogP contribution in [-0.4, -0.2) is 34.4 Å². The maximum absolute atomic E-state index is 10.9. The first kappa shape index (κ1) is 20.6. The van der Waals surface area contributed by atoms with Gasteiger partial charge in [-0.15, -0.1) is 0 Å². The van der Waals surface area contributed by atoms with Gasteiger partial charge in [-0.25, -0.2) is 0 Å². The lowest BCUT2D eigenvalue weighted by Gasteiger charge is -2.25. The SMILES string of the molecule is CCO[Si](C)(CCCCCCCCOC(=O)CC)OCC. The molecule has 126 valence electrons. The third-order valence-corrected chi connectivity index (χ3v) is 6.54. The minimum absolute atomic E-state index is 0.0916. The van der Waals surface area contributed by atoms with Crippen molar-refractivity contribution < 1.29 is 18.4 Å². The number of unbranched alkanes of at least 4 members (excludes halogenated alkanes) is 5. The van der Waals surface area contributed by atoms with E-state index in [-0.39, 0.29) is 5.97 Å². The van der Waals surface area contributed by atoms with Crippen LogP contribution in [-0.2, 0) is 18.4 Å². The molecule has 0 heterocycles. The Morgan fingerprint density at radius 1 is 0.857 bits per heavy atom. The fourth-order valence-electron chi connectivity index (χ4n) is 2.34. The molecule has 0 N–H and O–H groups in total. The second-order valence-corrected chi connectivity index (χ2v) is 8.79. The van der Waals surface area contributed by atoms with Crippen molar-refractivity contribution in [2.75, 3.05) is 19.8 Å². The van der Waals surface area contributed by atoms with Crippen LogP contribution in [0.4, 0.5) is 0 Å². The van der Waals surface area contributed by atoms with Gasteiger partial charge in [0.05, 0.1) is 6.61 Å². The lowest BCUT2D eigenvalue weighted by atomic mass is 10.1. The molecule has 0 aliphatic carbocycles. The van der Waals surface area contributed by atoms with Crippen LogP contribution < -0.4 is 0 Å². The molecule has 0 unspecified atom stereocenters. The molecule has 0 saturated heterocycles. The molecule has 4 nitrogen and oxygen atoms in total. The van der Waals surface area contributed by atoms with Crippen molar-refractivity contribution in [2.45, 2.75) is 78.3 Å². The third-order valence-electron chi connectivity index (χ3n) is 3.48. The molecule has 21 heavy (non-hydrogen) atoms. The molecule has 0 rings (SSSR count). The Bertz CT molecular complexity index is 253. The Labute approximate surface area is 131 Å². The van der Waals surface area contributed by atoms with Gasteiger partial charge in [0.15, 0.2) is 0 Å². The Hall–Kier alpha value is -0.393. The number of carbonyl (C=O) groups is 1. The summed E-state index contributed by atoms with van der Waals surface area (Å²) in [6.07, 6.45) is 7.47. The Morgan fingerprint density at radius 2 is 1.38 bits per heavy atom. The van der Waals surface area contributed by atoms with Gasteiger partial charge in [-0.05, 0) is 32.9 Å². The summed E-state index contributed by atoms with van der Waals surface area (Å²) in [7, 11) is -1.90. The minimum atomic E-state index is -1.90. The Morgan fingerprint density at radius 3 is 1.90 bits per heavy atom. The van der Waals surface area contributed by atoms with Crippen LogP contribution in [0.25, 0.3) is 0 Å². The molecule has 0 spiro atoms. The van der Waals surface area contributed by atoms with Gasteiger partial charge in [-0.2, -0.15) is 0 Å². The van der Waals surface area contributed by atoms with E-state index in [1.165, 1.54) is 25.7 Å². The zero-order valence-electron chi connectivity index (χ0n) is 14.4. The van der Waals surface area contributed by atoms with Crippen molar-refractivity contribution in [3.63, 3.8) is 0 Å². The van der Waals surface area contributed by atoms with Crippen LogP contribution >= 0.6 is 0 Å². The molecular formula is C16H34O4Si. The average molecular weight is 319 g/mol. The van der Waals surface area contributed by atoms with Crippen LogP contribution in [0, 0.1) is 0 Å². The highest BCUT2D eigenvalue weighted by molar-refractivity contribution is 6.66. The van der Waals surface area contributed by atoms with E-state index < -0.39 is 8.56 Å². The van der Waals surface area contributed by atoms with Crippen LogP contribution in [0.2, 0.25) is 12.6 Å². The van der Waals surface area contributed by atoms with Crippen LogP contribution in [0.5, 0.6) is 0 Å². The standard InChI is InChI=1S/C16H34O4Si/c1-5-16(17)18-14-12-10-8-9-11-13-15-21(4,19-6-2)20-7-3/h5-15H2,1-4H3. The number of ether oxygens (including phenoxy) is 1. The van der Waals surface area contributed by atoms with Crippen molar-refractivity contribution in [3.8, 4) is 0 Å². The molecule has 0 amide bonds. The predicted molar refractivity (Wildman–Crippen MR) is 88.6 cm³/mol. The summed E-state index contributed by atoms with van der Waals surface area (Å²) < 4.78 is 16.7. The maximum Gasteiger partial charge on any atom is 0.334 e. The van der Waals surface area contributed by atoms with Crippen molar-refractivity contribution in [2.24, 2.45) is 0 Å². The van der Waals surface area contributed by atoms with E-state index in [9.17, 15) is 4.79 Å². The second kappa shape index (κ2) is 13.3. The predicted octanol–water partition coefficient (Wildman–Crippen LogP) is 4.43. The topological polar surface area (TPSA) is 44.8 Å². The summed E-state index contributed by atoms with van der Waals surface area (Å²) in [6.45, 7) is 10.1. The van der Waals surface area contributed by atoms with Crippen molar-refractivity contribution in [1.82, 2.24) is 0 Å². The third kappa shape index (κ3) is 11.9. The molecule has 5 heteroatoms. The monoisotopic (exact) mass is 318 g/mol. The number of esters is 1. The molecule has 0 bridgehead atoms. The van der Waals surface area contributed by atoms with Gasteiger partial charge in [0.1, 0.15) is 0 Å². The molecule has 0 aliphatic heterocycles. The summed E-state index contributed by atoms with van der Waals surface area (Å²) in [6, 6.07) is 1.09. The molecular weight excluding hydrogens is 284 g/mol. The highest BCUT2D eigenvalue weighted by atomic mass is 28.4. The van der Waals surface area contributed by atoms with Gasteiger partial charge in [-0.1, -0.05) is 39.0 Å². The highest BCUT2D eigenvalue weighted by Gasteiger charge is 2.29. The molecule has 0 radical (unpaired) electrons. The smallest absolute Gasteiger partial charge is 0.334 e. The number of rotatable bonds is 14. The number of carbonyl (C=O) groups excluding carboxylic acids is 1. The largest absolute Gasteiger partial charge is 0.466 e. The van der Waals surface area contributed by atoms with Gasteiger partial charge in [0, 0.05) is 19.6 Å². The van der Waals surface area contributed by atoms with Crippen LogP contribution in [0.3, 0.4) is 0 Å². The van der Waals surface area contributed by atoms with E-state index in [2.05, 4.69) is 6.55 Å².